The van der Waals surface area contributed by atoms with E-state index >= 15 is 0 Å². The Kier molecular flexibility index (Phi) is 12.6. The molecule has 2 aliphatic heterocycles. The van der Waals surface area contributed by atoms with Crippen LogP contribution in [0.3, 0.4) is 0 Å². The van der Waals surface area contributed by atoms with Crippen LogP contribution in [0.5, 0.6) is 5.75 Å². The van der Waals surface area contributed by atoms with Crippen molar-refractivity contribution in [2.45, 2.75) is 64.2 Å². The number of nitrogens with zero attached hydrogens (tertiary/aromatic N) is 2. The van der Waals surface area contributed by atoms with E-state index in [1.54, 1.807) is 18.2 Å². The maximum absolute atomic E-state index is 12.4. The van der Waals surface area contributed by atoms with Crippen molar-refractivity contribution in [2.24, 2.45) is 4.99 Å². The van der Waals surface area contributed by atoms with Gasteiger partial charge in [0.15, 0.2) is 5.96 Å². The second kappa shape index (κ2) is 14.8. The summed E-state index contributed by atoms with van der Waals surface area (Å²) in [5, 5.41) is 3.36. The van der Waals surface area contributed by atoms with Crippen molar-refractivity contribution < 1.29 is 23.0 Å². The van der Waals surface area contributed by atoms with Crippen LogP contribution < -0.4 is 10.1 Å². The van der Waals surface area contributed by atoms with E-state index in [1.807, 2.05) is 13.0 Å². The lowest BCUT2D eigenvalue weighted by Gasteiger charge is -2.35. The van der Waals surface area contributed by atoms with Crippen molar-refractivity contribution in [2.75, 3.05) is 39.5 Å². The first-order chi connectivity index (χ1) is 15.1. The third-order valence-electron chi connectivity index (χ3n) is 5.55. The molecular weight excluding hydrogens is 531 g/mol. The standard InChI is InChI=1S/C23H35F2N3O3.HI/c1-2-26-23(27-15-18-6-5-8-20(14-18)31-17-22(24)25)28-11-9-19(10-12-28)30-16-21-7-3-4-13-29-21;/h5-6,8,14,19,21-22H,2-4,7,9-13,15-17H2,1H3,(H,26,27);1H. The molecule has 0 saturated carbocycles. The highest BCUT2D eigenvalue weighted by molar-refractivity contribution is 14.0. The van der Waals surface area contributed by atoms with Crippen LogP contribution in [0.4, 0.5) is 8.78 Å². The molecular formula is C23H36F2IN3O3. The van der Waals surface area contributed by atoms with Gasteiger partial charge in [-0.15, -0.1) is 24.0 Å². The molecule has 6 nitrogen and oxygen atoms in total. The molecule has 1 aromatic rings. The van der Waals surface area contributed by atoms with Gasteiger partial charge >= 0.3 is 0 Å². The van der Waals surface area contributed by atoms with Gasteiger partial charge in [-0.1, -0.05) is 12.1 Å². The summed E-state index contributed by atoms with van der Waals surface area (Å²) in [7, 11) is 0. The summed E-state index contributed by atoms with van der Waals surface area (Å²) in [6.07, 6.45) is 3.47. The van der Waals surface area contributed by atoms with Gasteiger partial charge in [0, 0.05) is 26.2 Å². The zero-order valence-corrected chi connectivity index (χ0v) is 21.1. The largest absolute Gasteiger partial charge is 0.488 e. The molecule has 2 aliphatic rings. The Morgan fingerprint density at radius 2 is 2.06 bits per heavy atom. The third kappa shape index (κ3) is 9.35. The van der Waals surface area contributed by atoms with E-state index < -0.39 is 13.0 Å². The fourth-order valence-electron chi connectivity index (χ4n) is 3.90. The van der Waals surface area contributed by atoms with E-state index in [1.165, 1.54) is 6.42 Å². The second-order valence-corrected chi connectivity index (χ2v) is 8.03. The predicted molar refractivity (Wildman–Crippen MR) is 132 cm³/mol. The van der Waals surface area contributed by atoms with Crippen molar-refractivity contribution in [3.63, 3.8) is 0 Å². The number of likely N-dealkylation sites (tertiary alicyclic amines) is 1. The normalized spacial score (nSPS) is 20.2. The van der Waals surface area contributed by atoms with Crippen molar-refractivity contribution in [1.82, 2.24) is 10.2 Å². The van der Waals surface area contributed by atoms with E-state index in [9.17, 15) is 8.78 Å². The number of hydrogen-bond acceptors (Lipinski definition) is 4. The number of aliphatic imine (C=N–C) groups is 1. The number of guanidine groups is 1. The van der Waals surface area contributed by atoms with Crippen LogP contribution in [0.2, 0.25) is 0 Å². The minimum absolute atomic E-state index is 0. The van der Waals surface area contributed by atoms with Crippen LogP contribution in [0.15, 0.2) is 29.3 Å². The molecule has 0 aromatic heterocycles. The van der Waals surface area contributed by atoms with Gasteiger partial charge in [0.2, 0.25) is 0 Å². The number of benzene rings is 1. The van der Waals surface area contributed by atoms with Crippen molar-refractivity contribution >= 4 is 29.9 Å². The summed E-state index contributed by atoms with van der Waals surface area (Å²) in [6, 6.07) is 7.18. The van der Waals surface area contributed by atoms with E-state index in [0.29, 0.717) is 18.9 Å². The Morgan fingerprint density at radius 3 is 2.75 bits per heavy atom. The first kappa shape index (κ1) is 27.0. The van der Waals surface area contributed by atoms with Crippen LogP contribution in [-0.2, 0) is 16.0 Å². The maximum Gasteiger partial charge on any atom is 0.272 e. The van der Waals surface area contributed by atoms with E-state index in [-0.39, 0.29) is 36.2 Å². The highest BCUT2D eigenvalue weighted by Gasteiger charge is 2.23. The molecule has 3 rings (SSSR count). The van der Waals surface area contributed by atoms with Crippen LogP contribution in [-0.4, -0.2) is 68.9 Å². The molecule has 0 aliphatic carbocycles. The lowest BCUT2D eigenvalue weighted by atomic mass is 10.1. The molecule has 0 amide bonds. The van der Waals surface area contributed by atoms with Crippen LogP contribution in [0.25, 0.3) is 0 Å². The molecule has 182 valence electrons. The minimum atomic E-state index is -2.48. The Hall–Kier alpha value is -1.20. The molecule has 9 heteroatoms. The molecule has 2 saturated heterocycles. The van der Waals surface area contributed by atoms with Crippen LogP contribution >= 0.6 is 24.0 Å². The summed E-state index contributed by atoms with van der Waals surface area (Å²) in [6.45, 7) is 6.03. The predicted octanol–water partition coefficient (Wildman–Crippen LogP) is 4.46. The van der Waals surface area contributed by atoms with E-state index in [0.717, 1.165) is 63.4 Å². The SMILES string of the molecule is CCNC(=NCc1cccc(OCC(F)F)c1)N1CCC(OCC2CCCCO2)CC1.I. The van der Waals surface area contributed by atoms with Gasteiger partial charge in [-0.2, -0.15) is 0 Å². The number of ether oxygens (including phenoxy) is 3. The summed E-state index contributed by atoms with van der Waals surface area (Å²) in [4.78, 5) is 7.02. The zero-order chi connectivity index (χ0) is 21.9. The summed E-state index contributed by atoms with van der Waals surface area (Å²) in [5.74, 6) is 1.31. The second-order valence-electron chi connectivity index (χ2n) is 8.03. The number of halogens is 3. The fraction of sp³-hybridized carbons (Fsp3) is 0.696. The highest BCUT2D eigenvalue weighted by atomic mass is 127. The molecule has 1 aromatic carbocycles. The monoisotopic (exact) mass is 567 g/mol. The molecule has 2 heterocycles. The Morgan fingerprint density at radius 1 is 1.25 bits per heavy atom. The molecule has 0 bridgehead atoms. The number of nitrogens with one attached hydrogen (secondary N) is 1. The molecule has 0 spiro atoms. The first-order valence-corrected chi connectivity index (χ1v) is 11.4. The van der Waals surface area contributed by atoms with Gasteiger partial charge in [0.05, 0.1) is 25.4 Å². The van der Waals surface area contributed by atoms with Gasteiger partial charge in [-0.25, -0.2) is 13.8 Å². The van der Waals surface area contributed by atoms with Crippen molar-refractivity contribution in [1.29, 1.82) is 0 Å². The average Bonchev–Trinajstić information content (AvgIpc) is 2.80. The van der Waals surface area contributed by atoms with Gasteiger partial charge in [-0.05, 0) is 56.7 Å². The van der Waals surface area contributed by atoms with Gasteiger partial charge in [0.1, 0.15) is 12.4 Å². The van der Waals surface area contributed by atoms with Gasteiger partial charge in [0.25, 0.3) is 6.43 Å². The molecule has 32 heavy (non-hydrogen) atoms. The minimum Gasteiger partial charge on any atom is -0.488 e. The Balaban J connectivity index is 0.00000363. The van der Waals surface area contributed by atoms with Gasteiger partial charge < -0.3 is 24.4 Å². The zero-order valence-electron chi connectivity index (χ0n) is 18.8. The molecule has 1 unspecified atom stereocenters. The average molecular weight is 567 g/mol. The molecule has 0 radical (unpaired) electrons. The van der Waals surface area contributed by atoms with Crippen LogP contribution in [0.1, 0.15) is 44.6 Å². The van der Waals surface area contributed by atoms with Crippen molar-refractivity contribution in [3.8, 4) is 5.75 Å². The molecule has 1 N–H and O–H groups in total. The van der Waals surface area contributed by atoms with Crippen molar-refractivity contribution in [3.05, 3.63) is 29.8 Å². The lowest BCUT2D eigenvalue weighted by Crippen LogP contribution is -2.47. The van der Waals surface area contributed by atoms with E-state index in [2.05, 4.69) is 10.2 Å². The topological polar surface area (TPSA) is 55.3 Å². The third-order valence-corrected chi connectivity index (χ3v) is 5.55. The van der Waals surface area contributed by atoms with Crippen LogP contribution in [0, 0.1) is 0 Å². The fourth-order valence-corrected chi connectivity index (χ4v) is 3.90. The number of hydrogen-bond donors (Lipinski definition) is 1. The number of piperidine rings is 1. The molecule has 1 atom stereocenters. The number of alkyl halides is 2. The summed E-state index contributed by atoms with van der Waals surface area (Å²) in [5.41, 5.74) is 0.924. The smallest absolute Gasteiger partial charge is 0.272 e. The molecule has 2 fully saturated rings. The lowest BCUT2D eigenvalue weighted by molar-refractivity contribution is -0.0721. The van der Waals surface area contributed by atoms with E-state index in [4.69, 9.17) is 19.2 Å². The van der Waals surface area contributed by atoms with Gasteiger partial charge in [-0.3, -0.25) is 0 Å². The summed E-state index contributed by atoms with van der Waals surface area (Å²) < 4.78 is 41.7. The maximum atomic E-state index is 12.4. The Bertz CT molecular complexity index is 682. The Labute approximate surface area is 207 Å². The number of rotatable bonds is 9. The highest BCUT2D eigenvalue weighted by Crippen LogP contribution is 2.19. The first-order valence-electron chi connectivity index (χ1n) is 11.4. The quantitative estimate of drug-likeness (QED) is 0.271. The summed E-state index contributed by atoms with van der Waals surface area (Å²) >= 11 is 0.